The van der Waals surface area contributed by atoms with Crippen molar-refractivity contribution in [2.45, 2.75) is 24.9 Å². The summed E-state index contributed by atoms with van der Waals surface area (Å²) in [6.07, 6.45) is 1.72. The lowest BCUT2D eigenvalue weighted by atomic mass is 9.98. The topological polar surface area (TPSA) is 43.8 Å². The van der Waals surface area contributed by atoms with Gasteiger partial charge in [0.1, 0.15) is 6.04 Å². The molecule has 116 valence electrons. The van der Waals surface area contributed by atoms with Crippen LogP contribution in [-0.2, 0) is 4.79 Å². The molecule has 1 fully saturated rings. The lowest BCUT2D eigenvalue weighted by Gasteiger charge is -2.38. The number of rotatable bonds is 4. The highest BCUT2D eigenvalue weighted by Crippen LogP contribution is 2.27. The maximum Gasteiger partial charge on any atom is 0.325 e. The number of nitrogens with zero attached hydrogens (tertiary/aromatic N) is 2. The highest BCUT2D eigenvalue weighted by Gasteiger charge is 2.31. The number of carboxylic acid groups (broad SMARTS) is 1. The van der Waals surface area contributed by atoms with Crippen LogP contribution in [0, 0.1) is 11.6 Å². The van der Waals surface area contributed by atoms with Gasteiger partial charge in [0, 0.05) is 6.04 Å². The van der Waals surface area contributed by atoms with E-state index in [1.807, 2.05) is 7.05 Å². The Labute approximate surface area is 123 Å². The summed E-state index contributed by atoms with van der Waals surface area (Å²) in [5, 5.41) is 9.47. The lowest BCUT2D eigenvalue weighted by molar-refractivity contribution is -0.144. The largest absolute Gasteiger partial charge is 0.480 e. The van der Waals surface area contributed by atoms with Crippen LogP contribution >= 0.6 is 0 Å². The van der Waals surface area contributed by atoms with Gasteiger partial charge >= 0.3 is 5.97 Å². The third-order valence-electron chi connectivity index (χ3n) is 4.16. The van der Waals surface area contributed by atoms with Gasteiger partial charge in [0.05, 0.1) is 0 Å². The fourth-order valence-electron chi connectivity index (χ4n) is 2.85. The Balaban J connectivity index is 2.21. The summed E-state index contributed by atoms with van der Waals surface area (Å²) in [7, 11) is 3.76. The van der Waals surface area contributed by atoms with Crippen LogP contribution in [0.5, 0.6) is 0 Å². The fourth-order valence-corrected chi connectivity index (χ4v) is 2.85. The minimum Gasteiger partial charge on any atom is -0.480 e. The third-order valence-corrected chi connectivity index (χ3v) is 4.16. The molecule has 1 saturated heterocycles. The summed E-state index contributed by atoms with van der Waals surface area (Å²) >= 11 is 0. The van der Waals surface area contributed by atoms with Crippen molar-refractivity contribution >= 4 is 5.97 Å². The molecule has 1 N–H and O–H groups in total. The van der Waals surface area contributed by atoms with E-state index in [1.165, 1.54) is 6.07 Å². The first-order chi connectivity index (χ1) is 9.90. The molecule has 1 aliphatic rings. The number of halogens is 2. The molecule has 1 unspecified atom stereocenters. The molecule has 6 heteroatoms. The molecule has 2 rings (SSSR count). The van der Waals surface area contributed by atoms with Crippen LogP contribution in [0.15, 0.2) is 18.2 Å². The molecular formula is C15H20F2N2O2. The molecule has 4 nitrogen and oxygen atoms in total. The summed E-state index contributed by atoms with van der Waals surface area (Å²) in [5.41, 5.74) is 0.267. The van der Waals surface area contributed by atoms with E-state index in [-0.39, 0.29) is 11.6 Å². The molecule has 0 spiro atoms. The Hall–Kier alpha value is -1.53. The highest BCUT2D eigenvalue weighted by molar-refractivity contribution is 5.75. The summed E-state index contributed by atoms with van der Waals surface area (Å²) in [4.78, 5) is 15.5. The van der Waals surface area contributed by atoms with Gasteiger partial charge in [-0.1, -0.05) is 6.07 Å². The van der Waals surface area contributed by atoms with Crippen molar-refractivity contribution in [3.8, 4) is 0 Å². The lowest BCUT2D eigenvalue weighted by Crippen LogP contribution is -2.45. The number of carboxylic acids is 1. The molecule has 1 aliphatic heterocycles. The number of hydrogen-bond acceptors (Lipinski definition) is 3. The minimum absolute atomic E-state index is 0.121. The quantitative estimate of drug-likeness (QED) is 0.924. The van der Waals surface area contributed by atoms with Crippen LogP contribution in [0.3, 0.4) is 0 Å². The molecule has 1 aromatic rings. The van der Waals surface area contributed by atoms with Crippen LogP contribution in [0.2, 0.25) is 0 Å². The van der Waals surface area contributed by atoms with E-state index in [2.05, 4.69) is 4.90 Å². The van der Waals surface area contributed by atoms with Crippen molar-refractivity contribution in [2.75, 3.05) is 27.2 Å². The SMILES string of the molecule is CN1CCC(N(C)C(C(=O)O)c2ccc(F)c(F)c2)CC1. The van der Waals surface area contributed by atoms with E-state index in [4.69, 9.17) is 0 Å². The van der Waals surface area contributed by atoms with Crippen molar-refractivity contribution < 1.29 is 18.7 Å². The molecule has 1 atom stereocenters. The Morgan fingerprint density at radius 1 is 1.33 bits per heavy atom. The number of hydrogen-bond donors (Lipinski definition) is 1. The number of carbonyl (C=O) groups is 1. The van der Waals surface area contributed by atoms with E-state index in [0.29, 0.717) is 0 Å². The standard InChI is InChI=1S/C15H20F2N2O2/c1-18-7-5-11(6-8-18)19(2)14(15(20)21)10-3-4-12(16)13(17)9-10/h3-4,9,11,14H,5-8H2,1-2H3,(H,20,21). The predicted octanol–water partition coefficient (Wildman–Crippen LogP) is 2.12. The van der Waals surface area contributed by atoms with Gasteiger partial charge < -0.3 is 10.0 Å². The summed E-state index contributed by atoms with van der Waals surface area (Å²) in [5.74, 6) is -3.04. The first-order valence-corrected chi connectivity index (χ1v) is 6.98. The Kier molecular flexibility index (Phi) is 4.90. The molecular weight excluding hydrogens is 278 g/mol. The van der Waals surface area contributed by atoms with Crippen molar-refractivity contribution in [1.82, 2.24) is 9.80 Å². The maximum absolute atomic E-state index is 13.4. The van der Waals surface area contributed by atoms with E-state index >= 15 is 0 Å². The van der Waals surface area contributed by atoms with Gasteiger partial charge in [0.15, 0.2) is 11.6 Å². The number of aliphatic carboxylic acids is 1. The van der Waals surface area contributed by atoms with Crippen molar-refractivity contribution in [3.63, 3.8) is 0 Å². The molecule has 0 bridgehead atoms. The van der Waals surface area contributed by atoms with Gasteiger partial charge in [0.2, 0.25) is 0 Å². The predicted molar refractivity (Wildman–Crippen MR) is 75.0 cm³/mol. The first kappa shape index (κ1) is 15.9. The Morgan fingerprint density at radius 2 is 1.95 bits per heavy atom. The molecule has 0 saturated carbocycles. The molecule has 0 amide bonds. The van der Waals surface area contributed by atoms with Crippen molar-refractivity contribution in [2.24, 2.45) is 0 Å². The smallest absolute Gasteiger partial charge is 0.325 e. The van der Waals surface area contributed by atoms with Gasteiger partial charge in [-0.3, -0.25) is 9.69 Å². The van der Waals surface area contributed by atoms with Crippen LogP contribution in [0.1, 0.15) is 24.4 Å². The molecule has 0 radical (unpaired) electrons. The van der Waals surface area contributed by atoms with Crippen LogP contribution < -0.4 is 0 Å². The average Bonchev–Trinajstić information content (AvgIpc) is 2.43. The maximum atomic E-state index is 13.4. The van der Waals surface area contributed by atoms with Crippen LogP contribution in [0.25, 0.3) is 0 Å². The zero-order valence-corrected chi connectivity index (χ0v) is 12.2. The number of likely N-dealkylation sites (N-methyl/N-ethyl adjacent to an activating group) is 1. The average molecular weight is 298 g/mol. The van der Waals surface area contributed by atoms with Gasteiger partial charge in [-0.15, -0.1) is 0 Å². The number of piperidine rings is 1. The summed E-state index contributed by atoms with van der Waals surface area (Å²) in [6.45, 7) is 1.80. The Bertz CT molecular complexity index is 516. The normalized spacial score (nSPS) is 18.9. The van der Waals surface area contributed by atoms with Crippen molar-refractivity contribution in [3.05, 3.63) is 35.4 Å². The Morgan fingerprint density at radius 3 is 2.48 bits per heavy atom. The van der Waals surface area contributed by atoms with Gasteiger partial charge in [-0.2, -0.15) is 0 Å². The summed E-state index contributed by atoms with van der Waals surface area (Å²) < 4.78 is 26.4. The molecule has 1 heterocycles. The van der Waals surface area contributed by atoms with E-state index in [9.17, 15) is 18.7 Å². The van der Waals surface area contributed by atoms with Gasteiger partial charge in [0.25, 0.3) is 0 Å². The van der Waals surface area contributed by atoms with Gasteiger partial charge in [-0.25, -0.2) is 8.78 Å². The fraction of sp³-hybridized carbons (Fsp3) is 0.533. The monoisotopic (exact) mass is 298 g/mol. The van der Waals surface area contributed by atoms with Crippen LogP contribution in [0.4, 0.5) is 8.78 Å². The molecule has 1 aromatic carbocycles. The number of benzene rings is 1. The first-order valence-electron chi connectivity index (χ1n) is 6.98. The molecule has 21 heavy (non-hydrogen) atoms. The van der Waals surface area contributed by atoms with E-state index in [1.54, 1.807) is 11.9 Å². The molecule has 0 aromatic heterocycles. The minimum atomic E-state index is -1.05. The zero-order valence-electron chi connectivity index (χ0n) is 12.2. The van der Waals surface area contributed by atoms with E-state index < -0.39 is 23.6 Å². The van der Waals surface area contributed by atoms with Crippen LogP contribution in [-0.4, -0.2) is 54.1 Å². The highest BCUT2D eigenvalue weighted by atomic mass is 19.2. The third kappa shape index (κ3) is 3.57. The second-order valence-electron chi connectivity index (χ2n) is 5.61. The number of likely N-dealkylation sites (tertiary alicyclic amines) is 1. The van der Waals surface area contributed by atoms with Crippen molar-refractivity contribution in [1.29, 1.82) is 0 Å². The second-order valence-corrected chi connectivity index (χ2v) is 5.61. The zero-order chi connectivity index (χ0) is 15.6. The molecule has 0 aliphatic carbocycles. The van der Waals surface area contributed by atoms with Gasteiger partial charge in [-0.05, 0) is 57.7 Å². The second kappa shape index (κ2) is 6.49. The summed E-state index contributed by atoms with van der Waals surface area (Å²) in [6, 6.07) is 2.44. The van der Waals surface area contributed by atoms with E-state index in [0.717, 1.165) is 38.1 Å².